The lowest BCUT2D eigenvalue weighted by Crippen LogP contribution is -2.37. The van der Waals surface area contributed by atoms with Crippen LogP contribution in [-0.4, -0.2) is 34.1 Å². The summed E-state index contributed by atoms with van der Waals surface area (Å²) in [6.07, 6.45) is 22.7. The van der Waals surface area contributed by atoms with Gasteiger partial charge in [-0.3, -0.25) is 0 Å². The van der Waals surface area contributed by atoms with E-state index >= 15 is 0 Å². The molecule has 0 aromatic heterocycles. The summed E-state index contributed by atoms with van der Waals surface area (Å²) in [4.78, 5) is 0. The van der Waals surface area contributed by atoms with Crippen LogP contribution in [0.1, 0.15) is 103 Å². The van der Waals surface area contributed by atoms with Gasteiger partial charge in [0.15, 0.2) is 0 Å². The molecule has 0 aliphatic heterocycles. The van der Waals surface area contributed by atoms with Crippen LogP contribution in [0.5, 0.6) is 0 Å². The van der Waals surface area contributed by atoms with Crippen LogP contribution in [0.15, 0.2) is 12.2 Å². The molecule has 0 unspecified atom stereocenters. The maximum absolute atomic E-state index is 9.74. The highest BCUT2D eigenvalue weighted by Crippen LogP contribution is 2.16. The normalized spacial score (nSPS) is 12.3. The molecule has 0 aliphatic rings. The molecule has 0 saturated heterocycles. The molecule has 0 bridgehead atoms. The van der Waals surface area contributed by atoms with E-state index in [1.54, 1.807) is 0 Å². The molecule has 0 amide bonds. The summed E-state index contributed by atoms with van der Waals surface area (Å²) in [5.74, 6) is 0. The summed E-state index contributed by atoms with van der Waals surface area (Å²) in [5, 5.41) is 27.7. The lowest BCUT2D eigenvalue weighted by molar-refractivity contribution is -0.0616. The third kappa shape index (κ3) is 15.2. The number of hydrogen-bond acceptors (Lipinski definition) is 3. The van der Waals surface area contributed by atoms with Crippen LogP contribution >= 0.6 is 0 Å². The molecular weight excluding hydrogens is 300 g/mol. The van der Waals surface area contributed by atoms with Crippen molar-refractivity contribution in [1.29, 1.82) is 0 Å². The molecule has 0 aliphatic carbocycles. The average Bonchev–Trinajstić information content (AvgIpc) is 2.61. The maximum atomic E-state index is 9.74. The highest BCUT2D eigenvalue weighted by atomic mass is 16.4. The van der Waals surface area contributed by atoms with Crippen molar-refractivity contribution in [2.45, 2.75) is 109 Å². The zero-order chi connectivity index (χ0) is 17.9. The minimum Gasteiger partial charge on any atom is -0.393 e. The quantitative estimate of drug-likeness (QED) is 0.239. The lowest BCUT2D eigenvalue weighted by atomic mass is 9.97. The molecule has 0 aromatic rings. The van der Waals surface area contributed by atoms with Crippen LogP contribution in [0.3, 0.4) is 0 Å². The average molecular weight is 343 g/mol. The van der Waals surface area contributed by atoms with Crippen molar-refractivity contribution in [3.8, 4) is 0 Å². The SMILES string of the molecule is CCCCCCCC/C=C\CCCCCCCCC(O)(CO)CO. The van der Waals surface area contributed by atoms with Crippen LogP contribution in [0.4, 0.5) is 0 Å². The van der Waals surface area contributed by atoms with E-state index in [1.807, 2.05) is 0 Å². The number of rotatable bonds is 18. The number of unbranched alkanes of at least 4 members (excludes halogenated alkanes) is 12. The first-order valence-electron chi connectivity index (χ1n) is 10.3. The van der Waals surface area contributed by atoms with E-state index in [4.69, 9.17) is 10.2 Å². The first kappa shape index (κ1) is 23.6. The van der Waals surface area contributed by atoms with Crippen molar-refractivity contribution in [3.63, 3.8) is 0 Å². The fourth-order valence-corrected chi connectivity index (χ4v) is 2.91. The Labute approximate surface area is 150 Å². The van der Waals surface area contributed by atoms with E-state index in [0.29, 0.717) is 6.42 Å². The van der Waals surface area contributed by atoms with Crippen LogP contribution < -0.4 is 0 Å². The second-order valence-electron chi connectivity index (χ2n) is 7.23. The van der Waals surface area contributed by atoms with Gasteiger partial charge < -0.3 is 15.3 Å². The second-order valence-corrected chi connectivity index (χ2v) is 7.23. The molecule has 144 valence electrons. The van der Waals surface area contributed by atoms with E-state index in [-0.39, 0.29) is 13.2 Å². The van der Waals surface area contributed by atoms with Gasteiger partial charge in [0.2, 0.25) is 0 Å². The van der Waals surface area contributed by atoms with Crippen molar-refractivity contribution >= 4 is 0 Å². The fourth-order valence-electron chi connectivity index (χ4n) is 2.91. The molecular formula is C21H42O3. The van der Waals surface area contributed by atoms with Crippen molar-refractivity contribution in [1.82, 2.24) is 0 Å². The van der Waals surface area contributed by atoms with Crippen LogP contribution in [0.25, 0.3) is 0 Å². The number of hydrogen-bond donors (Lipinski definition) is 3. The molecule has 0 atom stereocenters. The zero-order valence-corrected chi connectivity index (χ0v) is 16.0. The Morgan fingerprint density at radius 2 is 1.04 bits per heavy atom. The molecule has 24 heavy (non-hydrogen) atoms. The smallest absolute Gasteiger partial charge is 0.111 e. The topological polar surface area (TPSA) is 60.7 Å². The third-order valence-electron chi connectivity index (χ3n) is 4.74. The van der Waals surface area contributed by atoms with Gasteiger partial charge in [0.25, 0.3) is 0 Å². The predicted molar refractivity (Wildman–Crippen MR) is 103 cm³/mol. The molecule has 0 saturated carbocycles. The zero-order valence-electron chi connectivity index (χ0n) is 16.0. The molecule has 0 fully saturated rings. The van der Waals surface area contributed by atoms with Crippen LogP contribution in [0.2, 0.25) is 0 Å². The van der Waals surface area contributed by atoms with E-state index in [0.717, 1.165) is 12.8 Å². The minimum atomic E-state index is -1.28. The molecule has 3 heteroatoms. The van der Waals surface area contributed by atoms with E-state index in [1.165, 1.54) is 77.0 Å². The van der Waals surface area contributed by atoms with Crippen molar-refractivity contribution < 1.29 is 15.3 Å². The Kier molecular flexibility index (Phi) is 17.2. The highest BCUT2D eigenvalue weighted by molar-refractivity contribution is 4.81. The molecule has 0 heterocycles. The Balaban J connectivity index is 3.23. The molecule has 3 nitrogen and oxygen atoms in total. The number of aliphatic hydroxyl groups is 3. The van der Waals surface area contributed by atoms with Gasteiger partial charge in [0.05, 0.1) is 13.2 Å². The summed E-state index contributed by atoms with van der Waals surface area (Å²) < 4.78 is 0. The monoisotopic (exact) mass is 342 g/mol. The van der Waals surface area contributed by atoms with Gasteiger partial charge in [-0.1, -0.05) is 83.3 Å². The van der Waals surface area contributed by atoms with Crippen LogP contribution in [0, 0.1) is 0 Å². The van der Waals surface area contributed by atoms with E-state index in [2.05, 4.69) is 19.1 Å². The Morgan fingerprint density at radius 3 is 1.50 bits per heavy atom. The first-order chi connectivity index (χ1) is 11.7. The molecule has 0 radical (unpaired) electrons. The number of aliphatic hydroxyl groups excluding tert-OH is 2. The standard InChI is InChI=1S/C21H42O3/c1-2-3-4-5-6-7-8-9-10-11-12-13-14-15-16-17-18-21(24,19-22)20-23/h9-10,22-24H,2-8,11-20H2,1H3/b10-9-. The van der Waals surface area contributed by atoms with Crippen molar-refractivity contribution in [2.75, 3.05) is 13.2 Å². The lowest BCUT2D eigenvalue weighted by Gasteiger charge is -2.22. The fraction of sp³-hybridized carbons (Fsp3) is 0.905. The summed E-state index contributed by atoms with van der Waals surface area (Å²) in [7, 11) is 0. The van der Waals surface area contributed by atoms with Gasteiger partial charge in [-0.05, 0) is 32.1 Å². The van der Waals surface area contributed by atoms with Gasteiger partial charge in [-0.15, -0.1) is 0 Å². The summed E-state index contributed by atoms with van der Waals surface area (Å²) in [6.45, 7) is 1.56. The summed E-state index contributed by atoms with van der Waals surface area (Å²) >= 11 is 0. The molecule has 3 N–H and O–H groups in total. The summed E-state index contributed by atoms with van der Waals surface area (Å²) in [5.41, 5.74) is -1.28. The summed E-state index contributed by atoms with van der Waals surface area (Å²) in [6, 6.07) is 0. The first-order valence-corrected chi connectivity index (χ1v) is 10.3. The van der Waals surface area contributed by atoms with E-state index in [9.17, 15) is 5.11 Å². The molecule has 0 aromatic carbocycles. The molecule has 0 rings (SSSR count). The van der Waals surface area contributed by atoms with Gasteiger partial charge in [-0.2, -0.15) is 0 Å². The predicted octanol–water partition coefficient (Wildman–Crippen LogP) is 5.13. The highest BCUT2D eigenvalue weighted by Gasteiger charge is 2.23. The molecule has 0 spiro atoms. The Morgan fingerprint density at radius 1 is 0.625 bits per heavy atom. The third-order valence-corrected chi connectivity index (χ3v) is 4.74. The van der Waals surface area contributed by atoms with Gasteiger partial charge in [0.1, 0.15) is 5.60 Å². The van der Waals surface area contributed by atoms with E-state index < -0.39 is 5.60 Å². The van der Waals surface area contributed by atoms with Gasteiger partial charge >= 0.3 is 0 Å². The number of allylic oxidation sites excluding steroid dienone is 2. The van der Waals surface area contributed by atoms with Gasteiger partial charge in [0, 0.05) is 0 Å². The Hall–Kier alpha value is -0.380. The van der Waals surface area contributed by atoms with Crippen LogP contribution in [-0.2, 0) is 0 Å². The Bertz CT molecular complexity index is 272. The van der Waals surface area contributed by atoms with Crippen molar-refractivity contribution in [2.24, 2.45) is 0 Å². The maximum Gasteiger partial charge on any atom is 0.111 e. The van der Waals surface area contributed by atoms with Crippen molar-refractivity contribution in [3.05, 3.63) is 12.2 Å². The largest absolute Gasteiger partial charge is 0.393 e. The minimum absolute atomic E-state index is 0.353. The second kappa shape index (κ2) is 17.4. The van der Waals surface area contributed by atoms with Gasteiger partial charge in [-0.25, -0.2) is 0 Å².